The van der Waals surface area contributed by atoms with Crippen molar-refractivity contribution in [2.45, 2.75) is 11.8 Å². The Kier molecular flexibility index (Phi) is 5.37. The lowest BCUT2D eigenvalue weighted by molar-refractivity contribution is -0.641. The van der Waals surface area contributed by atoms with Gasteiger partial charge in [0.05, 0.1) is 29.6 Å². The molecule has 2 aromatic carbocycles. The van der Waals surface area contributed by atoms with Gasteiger partial charge in [0.25, 0.3) is 5.01 Å². The molecule has 1 aliphatic rings. The minimum absolute atomic E-state index is 0.942. The van der Waals surface area contributed by atoms with Crippen LogP contribution in [-0.4, -0.2) is 21.3 Å². The van der Waals surface area contributed by atoms with E-state index in [4.69, 9.17) is 9.47 Å². The molecule has 5 aromatic rings. The van der Waals surface area contributed by atoms with E-state index >= 15 is 0 Å². The average molecular weight is 524 g/mol. The van der Waals surface area contributed by atoms with Crippen molar-refractivity contribution >= 4 is 87.9 Å². The first kappa shape index (κ1) is 22.0. The normalized spacial score (nSPS) is 15.3. The summed E-state index contributed by atoms with van der Waals surface area (Å²) in [5.41, 5.74) is 3.76. The Hall–Kier alpha value is -2.52. The SMILES string of the molecule is COc1cc2c(c3sccc13)N(C)C(=CC(C)=Cc1sc3cc(OC)c4ccsc4c3[n+]1C)S2. The summed E-state index contributed by atoms with van der Waals surface area (Å²) >= 11 is 7.15. The number of ether oxygens (including phenoxy) is 2. The molecule has 0 unspecified atom stereocenters. The highest BCUT2D eigenvalue weighted by atomic mass is 32.2. The summed E-state index contributed by atoms with van der Waals surface area (Å²) in [6, 6.07) is 8.62. The zero-order valence-electron chi connectivity index (χ0n) is 19.5. The minimum atomic E-state index is 0.942. The zero-order valence-corrected chi connectivity index (χ0v) is 22.7. The number of rotatable bonds is 4. The highest BCUT2D eigenvalue weighted by molar-refractivity contribution is 8.03. The van der Waals surface area contributed by atoms with Crippen molar-refractivity contribution in [1.82, 2.24) is 0 Å². The Bertz CT molecular complexity index is 1650. The van der Waals surface area contributed by atoms with Crippen molar-refractivity contribution in [3.63, 3.8) is 0 Å². The molecule has 0 amide bonds. The predicted molar refractivity (Wildman–Crippen MR) is 149 cm³/mol. The van der Waals surface area contributed by atoms with E-state index in [2.05, 4.69) is 77.7 Å². The van der Waals surface area contributed by atoms with Crippen LogP contribution < -0.4 is 18.9 Å². The molecule has 3 aromatic heterocycles. The number of nitrogens with zero attached hydrogens (tertiary/aromatic N) is 2. The second-order valence-electron chi connectivity index (χ2n) is 8.21. The lowest BCUT2D eigenvalue weighted by atomic mass is 10.2. The molecule has 0 N–H and O–H groups in total. The molecule has 8 heteroatoms. The van der Waals surface area contributed by atoms with Crippen LogP contribution in [0.1, 0.15) is 11.9 Å². The maximum absolute atomic E-state index is 5.66. The standard InChI is InChI=1S/C26H23N2O2S4/c1-14(10-21-27(2)23-19(33-21)12-17(29-4)15-6-8-31-25(15)23)11-22-28(3)24-20(34-22)13-18(30-5)16-7-9-32-26(16)24/h6-13H,1-5H3/q+1. The van der Waals surface area contributed by atoms with Gasteiger partial charge < -0.3 is 14.4 Å². The predicted octanol–water partition coefficient (Wildman–Crippen LogP) is 7.66. The van der Waals surface area contributed by atoms with Gasteiger partial charge in [-0.1, -0.05) is 23.1 Å². The maximum Gasteiger partial charge on any atom is 0.262 e. The van der Waals surface area contributed by atoms with E-state index in [1.807, 2.05) is 0 Å². The average Bonchev–Trinajstić information content (AvgIpc) is 3.60. The van der Waals surface area contributed by atoms with Crippen molar-refractivity contribution in [3.8, 4) is 11.5 Å². The van der Waals surface area contributed by atoms with Gasteiger partial charge in [0.15, 0.2) is 0 Å². The number of thiazole rings is 1. The Labute approximate surface area is 214 Å². The number of thiophene rings is 2. The summed E-state index contributed by atoms with van der Waals surface area (Å²) in [6.45, 7) is 2.18. The third-order valence-corrected chi connectivity index (χ3v) is 10.3. The number of allylic oxidation sites excluding steroid dienone is 2. The second-order valence-corrected chi connectivity index (χ2v) is 12.2. The highest BCUT2D eigenvalue weighted by Crippen LogP contribution is 2.52. The molecule has 0 saturated heterocycles. The molecule has 4 nitrogen and oxygen atoms in total. The number of benzene rings is 2. The van der Waals surface area contributed by atoms with Crippen LogP contribution >= 0.6 is 45.8 Å². The summed E-state index contributed by atoms with van der Waals surface area (Å²) in [7, 11) is 7.80. The number of hydrogen-bond acceptors (Lipinski definition) is 7. The Morgan fingerprint density at radius 2 is 1.68 bits per heavy atom. The van der Waals surface area contributed by atoms with E-state index in [1.54, 1.807) is 60.0 Å². The molecule has 0 spiro atoms. The van der Waals surface area contributed by atoms with Crippen molar-refractivity contribution in [2.24, 2.45) is 7.05 Å². The number of aryl methyl sites for hydroxylation is 1. The van der Waals surface area contributed by atoms with Crippen LogP contribution in [0.3, 0.4) is 0 Å². The smallest absolute Gasteiger partial charge is 0.262 e. The van der Waals surface area contributed by atoms with Crippen LogP contribution in [0.5, 0.6) is 11.5 Å². The van der Waals surface area contributed by atoms with Gasteiger partial charge in [-0.3, -0.25) is 0 Å². The van der Waals surface area contributed by atoms with Crippen LogP contribution in [0.4, 0.5) is 5.69 Å². The van der Waals surface area contributed by atoms with Crippen LogP contribution in [0, 0.1) is 0 Å². The van der Waals surface area contributed by atoms with E-state index < -0.39 is 0 Å². The third kappa shape index (κ3) is 3.27. The molecular formula is C26H23N2O2S4+. The molecule has 0 aliphatic carbocycles. The number of anilines is 1. The van der Waals surface area contributed by atoms with Crippen molar-refractivity contribution < 1.29 is 14.0 Å². The summed E-state index contributed by atoms with van der Waals surface area (Å²) in [5, 5.41) is 9.08. The van der Waals surface area contributed by atoms with E-state index in [9.17, 15) is 0 Å². The van der Waals surface area contributed by atoms with Crippen LogP contribution in [0.2, 0.25) is 0 Å². The molecular weight excluding hydrogens is 501 g/mol. The monoisotopic (exact) mass is 523 g/mol. The first-order chi connectivity index (χ1) is 16.5. The van der Waals surface area contributed by atoms with Gasteiger partial charge >= 0.3 is 0 Å². The second kappa shape index (κ2) is 8.30. The third-order valence-electron chi connectivity index (χ3n) is 6.19. The van der Waals surface area contributed by atoms with E-state index in [0.29, 0.717) is 0 Å². The first-order valence-corrected chi connectivity index (χ1v) is 14.2. The largest absolute Gasteiger partial charge is 0.496 e. The molecule has 34 heavy (non-hydrogen) atoms. The van der Waals surface area contributed by atoms with Gasteiger partial charge in [0.2, 0.25) is 5.52 Å². The van der Waals surface area contributed by atoms with Crippen molar-refractivity contribution in [1.29, 1.82) is 0 Å². The van der Waals surface area contributed by atoms with E-state index in [-0.39, 0.29) is 0 Å². The van der Waals surface area contributed by atoms with Crippen LogP contribution in [0.25, 0.3) is 36.5 Å². The van der Waals surface area contributed by atoms with Crippen molar-refractivity contribution in [3.05, 3.63) is 56.7 Å². The molecule has 0 fully saturated rings. The van der Waals surface area contributed by atoms with Gasteiger partial charge in [-0.25, -0.2) is 0 Å². The number of hydrogen-bond donors (Lipinski definition) is 0. The van der Waals surface area contributed by atoms with E-state index in [1.165, 1.54) is 56.6 Å². The van der Waals surface area contributed by atoms with Crippen LogP contribution in [0.15, 0.2) is 56.6 Å². The maximum atomic E-state index is 5.66. The molecule has 4 heterocycles. The minimum Gasteiger partial charge on any atom is -0.496 e. The number of thioether (sulfide) groups is 1. The van der Waals surface area contributed by atoms with Gasteiger partial charge in [-0.15, -0.1) is 22.7 Å². The number of methoxy groups -OCH3 is 2. The summed E-state index contributed by atoms with van der Waals surface area (Å²) in [4.78, 5) is 3.55. The molecule has 172 valence electrons. The fourth-order valence-electron chi connectivity index (χ4n) is 4.52. The fourth-order valence-corrected chi connectivity index (χ4v) is 9.04. The van der Waals surface area contributed by atoms with Gasteiger partial charge in [0, 0.05) is 34.9 Å². The van der Waals surface area contributed by atoms with Gasteiger partial charge in [-0.2, -0.15) is 4.57 Å². The Morgan fingerprint density at radius 3 is 2.41 bits per heavy atom. The molecule has 0 saturated carbocycles. The fraction of sp³-hybridized carbons (Fsp3) is 0.192. The van der Waals surface area contributed by atoms with Gasteiger partial charge in [0.1, 0.15) is 27.9 Å². The Morgan fingerprint density at radius 1 is 1.00 bits per heavy atom. The van der Waals surface area contributed by atoms with E-state index in [0.717, 1.165) is 11.5 Å². The molecule has 0 atom stereocenters. The van der Waals surface area contributed by atoms with Gasteiger partial charge in [-0.05, 0) is 47.5 Å². The summed E-state index contributed by atoms with van der Waals surface area (Å²) < 4.78 is 17.4. The molecule has 0 bridgehead atoms. The lowest BCUT2D eigenvalue weighted by Crippen LogP contribution is -2.29. The molecule has 1 aliphatic heterocycles. The lowest BCUT2D eigenvalue weighted by Gasteiger charge is -2.15. The molecule has 0 radical (unpaired) electrons. The first-order valence-electron chi connectivity index (χ1n) is 10.8. The summed E-state index contributed by atoms with van der Waals surface area (Å²) in [5.74, 6) is 1.88. The number of fused-ring (bicyclic) bond motifs is 6. The zero-order chi connectivity index (χ0) is 23.6. The Balaban J connectivity index is 1.41. The highest BCUT2D eigenvalue weighted by Gasteiger charge is 2.27. The van der Waals surface area contributed by atoms with Crippen molar-refractivity contribution in [2.75, 3.05) is 26.2 Å². The topological polar surface area (TPSA) is 25.6 Å². The van der Waals surface area contributed by atoms with Crippen LogP contribution in [-0.2, 0) is 7.05 Å². The molecule has 6 rings (SSSR count). The number of aromatic nitrogens is 1. The summed E-state index contributed by atoms with van der Waals surface area (Å²) in [6.07, 6.45) is 4.56. The quantitative estimate of drug-likeness (QED) is 0.226.